The molecule has 1 saturated heterocycles. The Morgan fingerprint density at radius 3 is 3.05 bits per heavy atom. The predicted octanol–water partition coefficient (Wildman–Crippen LogP) is 3.68. The first-order valence-electron chi connectivity index (χ1n) is 6.78. The van der Waals surface area contributed by atoms with Crippen LogP contribution in [0.2, 0.25) is 0 Å². The molecular weight excluding hydrogens is 349 g/mol. The quantitative estimate of drug-likeness (QED) is 0.821. The van der Waals surface area contributed by atoms with Gasteiger partial charge in [-0.05, 0) is 67.0 Å². The Bertz CT molecular complexity index is 564. The van der Waals surface area contributed by atoms with Crippen molar-refractivity contribution in [2.45, 2.75) is 38.3 Å². The minimum absolute atomic E-state index is 0.420. The molecule has 3 rings (SSSR count). The Kier molecular flexibility index (Phi) is 3.88. The van der Waals surface area contributed by atoms with Crippen LogP contribution >= 0.6 is 22.6 Å². The highest BCUT2D eigenvalue weighted by atomic mass is 127. The SMILES string of the molecule is CC1CCCC(c2cncn2-c2cccc(I)c2)N1. The van der Waals surface area contributed by atoms with E-state index in [0.717, 1.165) is 0 Å². The van der Waals surface area contributed by atoms with Gasteiger partial charge in [-0.25, -0.2) is 4.98 Å². The van der Waals surface area contributed by atoms with Gasteiger partial charge >= 0.3 is 0 Å². The molecule has 2 unspecified atom stereocenters. The van der Waals surface area contributed by atoms with Crippen LogP contribution in [-0.2, 0) is 0 Å². The lowest BCUT2D eigenvalue weighted by molar-refractivity contribution is 0.334. The van der Waals surface area contributed by atoms with E-state index in [1.807, 2.05) is 12.5 Å². The zero-order valence-corrected chi connectivity index (χ0v) is 13.2. The number of halogens is 1. The number of aromatic nitrogens is 2. The van der Waals surface area contributed by atoms with Crippen molar-refractivity contribution in [3.05, 3.63) is 46.1 Å². The maximum atomic E-state index is 4.35. The third-order valence-electron chi connectivity index (χ3n) is 3.73. The Hall–Kier alpha value is -0.880. The van der Waals surface area contributed by atoms with Gasteiger partial charge in [0.2, 0.25) is 0 Å². The lowest BCUT2D eigenvalue weighted by Gasteiger charge is -2.29. The zero-order chi connectivity index (χ0) is 13.2. The van der Waals surface area contributed by atoms with Gasteiger partial charge in [0.1, 0.15) is 0 Å². The van der Waals surface area contributed by atoms with Crippen LogP contribution in [0.5, 0.6) is 0 Å². The van der Waals surface area contributed by atoms with E-state index in [4.69, 9.17) is 0 Å². The number of rotatable bonds is 2. The molecule has 3 nitrogen and oxygen atoms in total. The van der Waals surface area contributed by atoms with E-state index in [-0.39, 0.29) is 0 Å². The molecule has 0 saturated carbocycles. The molecular formula is C15H18IN3. The summed E-state index contributed by atoms with van der Waals surface area (Å²) < 4.78 is 3.46. The fraction of sp³-hybridized carbons (Fsp3) is 0.400. The Labute approximate surface area is 127 Å². The summed E-state index contributed by atoms with van der Waals surface area (Å²) in [4.78, 5) is 4.35. The summed E-state index contributed by atoms with van der Waals surface area (Å²) in [5, 5.41) is 3.68. The monoisotopic (exact) mass is 367 g/mol. The number of benzene rings is 1. The third-order valence-corrected chi connectivity index (χ3v) is 4.40. The molecule has 0 bridgehead atoms. The molecule has 1 fully saturated rings. The van der Waals surface area contributed by atoms with Crippen LogP contribution in [0.1, 0.15) is 37.9 Å². The smallest absolute Gasteiger partial charge is 0.0994 e. The average molecular weight is 367 g/mol. The topological polar surface area (TPSA) is 29.9 Å². The highest BCUT2D eigenvalue weighted by Crippen LogP contribution is 2.27. The molecule has 19 heavy (non-hydrogen) atoms. The standard InChI is InChI=1S/C15H18IN3/c1-11-4-2-7-14(18-11)15-9-17-10-19(15)13-6-3-5-12(16)8-13/h3,5-6,8-11,14,18H,2,4,7H2,1H3. The van der Waals surface area contributed by atoms with Gasteiger partial charge in [-0.1, -0.05) is 6.07 Å². The van der Waals surface area contributed by atoms with Crippen LogP contribution in [0.15, 0.2) is 36.8 Å². The molecule has 2 heterocycles. The molecule has 0 amide bonds. The van der Waals surface area contributed by atoms with Crippen molar-refractivity contribution in [3.8, 4) is 5.69 Å². The van der Waals surface area contributed by atoms with Gasteiger partial charge in [-0.2, -0.15) is 0 Å². The molecule has 0 spiro atoms. The maximum Gasteiger partial charge on any atom is 0.0994 e. The lowest BCUT2D eigenvalue weighted by Crippen LogP contribution is -2.35. The number of imidazole rings is 1. The van der Waals surface area contributed by atoms with Gasteiger partial charge in [-0.15, -0.1) is 0 Å². The Balaban J connectivity index is 1.94. The van der Waals surface area contributed by atoms with Crippen molar-refractivity contribution >= 4 is 22.6 Å². The summed E-state index contributed by atoms with van der Waals surface area (Å²) in [6.07, 6.45) is 7.67. The van der Waals surface area contributed by atoms with Gasteiger partial charge in [-0.3, -0.25) is 0 Å². The molecule has 2 aromatic rings. The predicted molar refractivity (Wildman–Crippen MR) is 85.5 cm³/mol. The molecule has 1 aliphatic rings. The first-order chi connectivity index (χ1) is 9.24. The number of piperidine rings is 1. The first-order valence-corrected chi connectivity index (χ1v) is 7.86. The summed E-state index contributed by atoms with van der Waals surface area (Å²) in [5.74, 6) is 0. The Morgan fingerprint density at radius 1 is 1.37 bits per heavy atom. The van der Waals surface area contributed by atoms with Crippen molar-refractivity contribution in [3.63, 3.8) is 0 Å². The third kappa shape index (κ3) is 2.84. The molecule has 4 heteroatoms. The van der Waals surface area contributed by atoms with E-state index < -0.39 is 0 Å². The number of nitrogens with one attached hydrogen (secondary N) is 1. The van der Waals surface area contributed by atoms with Crippen molar-refractivity contribution in [1.82, 2.24) is 14.9 Å². The van der Waals surface area contributed by atoms with Crippen molar-refractivity contribution in [2.75, 3.05) is 0 Å². The minimum Gasteiger partial charge on any atom is -0.306 e. The van der Waals surface area contributed by atoms with E-state index >= 15 is 0 Å². The van der Waals surface area contributed by atoms with Gasteiger partial charge < -0.3 is 9.88 Å². The molecule has 1 aromatic carbocycles. The van der Waals surface area contributed by atoms with E-state index in [2.05, 4.69) is 68.6 Å². The Morgan fingerprint density at radius 2 is 2.26 bits per heavy atom. The van der Waals surface area contributed by atoms with E-state index in [1.54, 1.807) is 0 Å². The van der Waals surface area contributed by atoms with Crippen molar-refractivity contribution in [2.24, 2.45) is 0 Å². The summed E-state index contributed by atoms with van der Waals surface area (Å²) in [6.45, 7) is 2.26. The van der Waals surface area contributed by atoms with Gasteiger partial charge in [0.15, 0.2) is 0 Å². The number of hydrogen-bond acceptors (Lipinski definition) is 2. The molecule has 1 N–H and O–H groups in total. The maximum absolute atomic E-state index is 4.35. The van der Waals surface area contributed by atoms with Crippen LogP contribution < -0.4 is 5.32 Å². The normalized spacial score (nSPS) is 23.5. The lowest BCUT2D eigenvalue weighted by atomic mass is 9.97. The van der Waals surface area contributed by atoms with Crippen LogP contribution in [-0.4, -0.2) is 15.6 Å². The second-order valence-electron chi connectivity index (χ2n) is 5.22. The molecule has 2 atom stereocenters. The molecule has 0 radical (unpaired) electrons. The fourth-order valence-corrected chi connectivity index (χ4v) is 3.30. The number of hydrogen-bond donors (Lipinski definition) is 1. The van der Waals surface area contributed by atoms with Gasteiger partial charge in [0, 0.05) is 21.3 Å². The summed E-state index contributed by atoms with van der Waals surface area (Å²) in [7, 11) is 0. The van der Waals surface area contributed by atoms with E-state index in [1.165, 1.54) is 34.2 Å². The summed E-state index contributed by atoms with van der Waals surface area (Å²) in [5.41, 5.74) is 2.47. The van der Waals surface area contributed by atoms with E-state index in [9.17, 15) is 0 Å². The van der Waals surface area contributed by atoms with Crippen molar-refractivity contribution < 1.29 is 0 Å². The number of nitrogens with zero attached hydrogens (tertiary/aromatic N) is 2. The highest BCUT2D eigenvalue weighted by Gasteiger charge is 2.22. The summed E-state index contributed by atoms with van der Waals surface area (Å²) >= 11 is 2.35. The van der Waals surface area contributed by atoms with Crippen LogP contribution in [0.25, 0.3) is 5.69 Å². The minimum atomic E-state index is 0.420. The largest absolute Gasteiger partial charge is 0.306 e. The average Bonchev–Trinajstić information content (AvgIpc) is 2.88. The molecule has 0 aliphatic carbocycles. The summed E-state index contributed by atoms with van der Waals surface area (Å²) in [6, 6.07) is 9.55. The van der Waals surface area contributed by atoms with Gasteiger partial charge in [0.05, 0.1) is 18.2 Å². The fourth-order valence-electron chi connectivity index (χ4n) is 2.78. The molecule has 100 valence electrons. The second-order valence-corrected chi connectivity index (χ2v) is 6.47. The van der Waals surface area contributed by atoms with Crippen LogP contribution in [0, 0.1) is 3.57 Å². The molecule has 1 aliphatic heterocycles. The highest BCUT2D eigenvalue weighted by molar-refractivity contribution is 14.1. The van der Waals surface area contributed by atoms with Crippen LogP contribution in [0.3, 0.4) is 0 Å². The van der Waals surface area contributed by atoms with Gasteiger partial charge in [0.25, 0.3) is 0 Å². The van der Waals surface area contributed by atoms with E-state index in [0.29, 0.717) is 12.1 Å². The van der Waals surface area contributed by atoms with Crippen LogP contribution in [0.4, 0.5) is 0 Å². The van der Waals surface area contributed by atoms with Crippen molar-refractivity contribution in [1.29, 1.82) is 0 Å². The first kappa shape index (κ1) is 13.1. The molecule has 1 aromatic heterocycles. The second kappa shape index (κ2) is 5.63. The zero-order valence-electron chi connectivity index (χ0n) is 11.0.